The number of aryl methyl sites for hydroxylation is 1. The normalized spacial score (nSPS) is 18.9. The lowest BCUT2D eigenvalue weighted by Crippen LogP contribution is -2.38. The van der Waals surface area contributed by atoms with E-state index in [4.69, 9.17) is 0 Å². The van der Waals surface area contributed by atoms with Gasteiger partial charge in [-0.25, -0.2) is 4.21 Å². The van der Waals surface area contributed by atoms with Crippen LogP contribution in [0.5, 0.6) is 0 Å². The second-order valence-electron chi connectivity index (χ2n) is 4.68. The quantitative estimate of drug-likeness (QED) is 0.840. The minimum absolute atomic E-state index is 0.206. The van der Waals surface area contributed by atoms with Crippen molar-refractivity contribution in [3.8, 4) is 0 Å². The summed E-state index contributed by atoms with van der Waals surface area (Å²) < 4.78 is 22.7. The summed E-state index contributed by atoms with van der Waals surface area (Å²) in [4.78, 5) is 0. The lowest BCUT2D eigenvalue weighted by atomic mass is 9.95. The third-order valence-corrected chi connectivity index (χ3v) is 4.21. The topological polar surface area (TPSA) is 40.5 Å². The van der Waals surface area contributed by atoms with Gasteiger partial charge in [0.25, 0.3) is 11.3 Å². The highest BCUT2D eigenvalue weighted by Gasteiger charge is 2.25. The molecule has 94 valence electrons. The molecule has 4 heteroatoms. The van der Waals surface area contributed by atoms with Gasteiger partial charge in [0.2, 0.25) is 0 Å². The smallest absolute Gasteiger partial charge is 0.262 e. The van der Waals surface area contributed by atoms with Crippen LogP contribution >= 0.6 is 0 Å². The summed E-state index contributed by atoms with van der Waals surface area (Å²) in [5.41, 5.74) is 2.02. The molecule has 1 unspecified atom stereocenters. The van der Waals surface area contributed by atoms with E-state index in [0.717, 1.165) is 31.4 Å². The Morgan fingerprint density at radius 2 is 1.76 bits per heavy atom. The largest absolute Gasteiger partial charge is 0.289 e. The van der Waals surface area contributed by atoms with Crippen molar-refractivity contribution in [3.63, 3.8) is 0 Å². The van der Waals surface area contributed by atoms with E-state index in [1.807, 2.05) is 31.2 Å². The van der Waals surface area contributed by atoms with Crippen LogP contribution in [0.4, 0.5) is 5.69 Å². The molecule has 0 aromatic heterocycles. The maximum Gasteiger partial charge on any atom is 0.262 e. The number of rotatable bonds is 3. The zero-order chi connectivity index (χ0) is 12.3. The van der Waals surface area contributed by atoms with Crippen LogP contribution in [0, 0.1) is 6.92 Å². The summed E-state index contributed by atoms with van der Waals surface area (Å²) >= 11 is -1.93. The van der Waals surface area contributed by atoms with E-state index in [9.17, 15) is 8.76 Å². The zero-order valence-corrected chi connectivity index (χ0v) is 10.9. The van der Waals surface area contributed by atoms with Gasteiger partial charge in [-0.3, -0.25) is 8.86 Å². The van der Waals surface area contributed by atoms with E-state index in [1.165, 1.54) is 12.0 Å². The highest BCUT2D eigenvalue weighted by molar-refractivity contribution is 7.80. The molecule has 0 saturated heterocycles. The third-order valence-electron chi connectivity index (χ3n) is 3.36. The maximum atomic E-state index is 11.5. The van der Waals surface area contributed by atoms with Crippen molar-refractivity contribution >= 4 is 17.0 Å². The Hall–Kier alpha value is -0.870. The van der Waals surface area contributed by atoms with Crippen LogP contribution in [0.3, 0.4) is 0 Å². The van der Waals surface area contributed by atoms with Crippen molar-refractivity contribution in [2.45, 2.75) is 45.1 Å². The van der Waals surface area contributed by atoms with Gasteiger partial charge in [0, 0.05) is 6.04 Å². The molecule has 0 spiro atoms. The Bertz CT molecular complexity index is 385. The number of hydrogen-bond donors (Lipinski definition) is 1. The highest BCUT2D eigenvalue weighted by Crippen LogP contribution is 2.28. The summed E-state index contributed by atoms with van der Waals surface area (Å²) in [5.74, 6) is 0. The Morgan fingerprint density at radius 3 is 2.29 bits per heavy atom. The maximum absolute atomic E-state index is 11.5. The molecule has 3 nitrogen and oxygen atoms in total. The molecule has 1 fully saturated rings. The molecule has 1 aromatic carbocycles. The van der Waals surface area contributed by atoms with Gasteiger partial charge in [0.15, 0.2) is 0 Å². The van der Waals surface area contributed by atoms with Crippen molar-refractivity contribution < 1.29 is 8.76 Å². The fourth-order valence-electron chi connectivity index (χ4n) is 2.44. The molecule has 0 radical (unpaired) electrons. The van der Waals surface area contributed by atoms with Crippen LogP contribution in [-0.2, 0) is 11.3 Å². The molecule has 0 aliphatic heterocycles. The van der Waals surface area contributed by atoms with Crippen molar-refractivity contribution in [2.75, 3.05) is 4.31 Å². The standard InChI is InChI=1S/C13H19NO2S/c1-11-7-9-13(10-8-11)14(17(15)16)12-5-3-2-4-6-12/h7-10,12H,2-6H2,1H3,(H,15,16). The third kappa shape index (κ3) is 3.07. The fourth-order valence-corrected chi connectivity index (χ4v) is 3.20. The first-order valence-corrected chi connectivity index (χ1v) is 7.22. The van der Waals surface area contributed by atoms with Gasteiger partial charge in [-0.05, 0) is 31.9 Å². The molecule has 0 bridgehead atoms. The summed E-state index contributed by atoms with van der Waals surface area (Å²) in [6.45, 7) is 2.02. The molecule has 0 amide bonds. The van der Waals surface area contributed by atoms with Gasteiger partial charge in [-0.15, -0.1) is 0 Å². The molecular weight excluding hydrogens is 234 g/mol. The second-order valence-corrected chi connectivity index (χ2v) is 5.54. The van der Waals surface area contributed by atoms with Gasteiger partial charge in [-0.2, -0.15) is 0 Å². The molecule has 1 aliphatic rings. The van der Waals surface area contributed by atoms with Crippen LogP contribution in [0.1, 0.15) is 37.7 Å². The molecule has 17 heavy (non-hydrogen) atoms. The lowest BCUT2D eigenvalue weighted by Gasteiger charge is -2.32. The average Bonchev–Trinajstić information content (AvgIpc) is 2.33. The van der Waals surface area contributed by atoms with Crippen molar-refractivity contribution in [2.24, 2.45) is 0 Å². The number of nitrogens with zero attached hydrogens (tertiary/aromatic N) is 1. The van der Waals surface area contributed by atoms with Gasteiger partial charge >= 0.3 is 0 Å². The Morgan fingerprint density at radius 1 is 1.18 bits per heavy atom. The molecule has 1 saturated carbocycles. The Balaban J connectivity index is 2.21. The molecular formula is C13H19NO2S. The summed E-state index contributed by atoms with van der Waals surface area (Å²) in [6, 6.07) is 8.03. The van der Waals surface area contributed by atoms with Crippen molar-refractivity contribution in [1.82, 2.24) is 0 Å². The molecule has 1 aromatic rings. The Labute approximate surface area is 105 Å². The van der Waals surface area contributed by atoms with E-state index in [0.29, 0.717) is 0 Å². The van der Waals surface area contributed by atoms with Crippen LogP contribution < -0.4 is 4.31 Å². The molecule has 2 rings (SSSR count). The first kappa shape index (κ1) is 12.6. The lowest BCUT2D eigenvalue weighted by molar-refractivity contribution is 0.434. The summed E-state index contributed by atoms with van der Waals surface area (Å²) in [5, 5.41) is 0. The second kappa shape index (κ2) is 5.65. The van der Waals surface area contributed by atoms with Gasteiger partial charge in [0.1, 0.15) is 0 Å². The SMILES string of the molecule is Cc1ccc(N(C2CCCCC2)S(=O)O)cc1. The van der Waals surface area contributed by atoms with E-state index in [1.54, 1.807) is 4.31 Å². The predicted octanol–water partition coefficient (Wildman–Crippen LogP) is 3.27. The summed E-state index contributed by atoms with van der Waals surface area (Å²) in [6.07, 6.45) is 5.59. The van der Waals surface area contributed by atoms with Crippen molar-refractivity contribution in [3.05, 3.63) is 29.8 Å². The van der Waals surface area contributed by atoms with Gasteiger partial charge in [-0.1, -0.05) is 37.0 Å². The van der Waals surface area contributed by atoms with E-state index in [-0.39, 0.29) is 6.04 Å². The highest BCUT2D eigenvalue weighted by atomic mass is 32.2. The zero-order valence-electron chi connectivity index (χ0n) is 10.1. The minimum atomic E-state index is -1.93. The predicted molar refractivity (Wildman–Crippen MR) is 71.3 cm³/mol. The Kier molecular flexibility index (Phi) is 4.18. The molecule has 1 N–H and O–H groups in total. The van der Waals surface area contributed by atoms with Gasteiger partial charge < -0.3 is 0 Å². The number of anilines is 1. The summed E-state index contributed by atoms with van der Waals surface area (Å²) in [7, 11) is 0. The average molecular weight is 253 g/mol. The first-order chi connectivity index (χ1) is 8.18. The van der Waals surface area contributed by atoms with Crippen LogP contribution in [0.25, 0.3) is 0 Å². The number of hydrogen-bond acceptors (Lipinski definition) is 1. The molecule has 0 heterocycles. The first-order valence-electron chi connectivity index (χ1n) is 6.15. The van der Waals surface area contributed by atoms with E-state index < -0.39 is 11.3 Å². The van der Waals surface area contributed by atoms with Crippen LogP contribution in [-0.4, -0.2) is 14.8 Å². The van der Waals surface area contributed by atoms with Crippen molar-refractivity contribution in [1.29, 1.82) is 0 Å². The minimum Gasteiger partial charge on any atom is -0.289 e. The van der Waals surface area contributed by atoms with E-state index >= 15 is 0 Å². The molecule has 1 atom stereocenters. The van der Waals surface area contributed by atoms with E-state index in [2.05, 4.69) is 0 Å². The van der Waals surface area contributed by atoms with Crippen LogP contribution in [0.2, 0.25) is 0 Å². The monoisotopic (exact) mass is 253 g/mol. The molecule has 1 aliphatic carbocycles. The number of benzene rings is 1. The van der Waals surface area contributed by atoms with Crippen LogP contribution in [0.15, 0.2) is 24.3 Å². The van der Waals surface area contributed by atoms with Gasteiger partial charge in [0.05, 0.1) is 5.69 Å². The fraction of sp³-hybridized carbons (Fsp3) is 0.538.